The average molecular weight is 237 g/mol. The molecule has 3 N–H and O–H groups in total. The summed E-state index contributed by atoms with van der Waals surface area (Å²) < 4.78 is 0. The summed E-state index contributed by atoms with van der Waals surface area (Å²) in [6, 6.07) is 0. The van der Waals surface area contributed by atoms with Crippen LogP contribution in [0.5, 0.6) is 0 Å². The van der Waals surface area contributed by atoms with Gasteiger partial charge in [0, 0.05) is 0 Å². The third kappa shape index (κ3) is 68.7. The molecule has 0 saturated carbocycles. The van der Waals surface area contributed by atoms with Gasteiger partial charge in [-0.1, -0.05) is 0 Å². The second kappa shape index (κ2) is 22.6. The van der Waals surface area contributed by atoms with Crippen molar-refractivity contribution in [3.63, 3.8) is 0 Å². The Morgan fingerprint density at radius 3 is 0.875 bits per heavy atom. The van der Waals surface area contributed by atoms with Crippen LogP contribution in [0, 0.1) is 0 Å². The molecule has 0 unspecified atom stereocenters. The van der Waals surface area contributed by atoms with Gasteiger partial charge in [-0.25, -0.2) is 0 Å². The minimum absolute atomic E-state index is 0. The van der Waals surface area contributed by atoms with Gasteiger partial charge in [0.15, 0.2) is 0 Å². The monoisotopic (exact) mass is 235 g/mol. The van der Waals surface area contributed by atoms with Gasteiger partial charge in [0.2, 0.25) is 0 Å². The first-order valence-electron chi connectivity index (χ1n) is 0.775. The van der Waals surface area contributed by atoms with Gasteiger partial charge in [0.25, 0.3) is 0 Å². The molecule has 0 aliphatic carbocycles. The van der Waals surface area contributed by atoms with Crippen molar-refractivity contribution < 1.29 is 111 Å². The van der Waals surface area contributed by atoms with Crippen molar-refractivity contribution in [2.75, 3.05) is 0 Å². The molecular formula is H3BCl2KO3Zn+. The molecule has 0 aromatic rings. The predicted molar refractivity (Wildman–Crippen MR) is 12.4 cm³/mol. The zero-order valence-corrected chi connectivity index (χ0v) is 12.0. The summed E-state index contributed by atoms with van der Waals surface area (Å²) in [4.78, 5) is 0. The number of hydrogen-bond donors (Lipinski definition) is 3. The Labute approximate surface area is 116 Å². The molecule has 0 radical (unpaired) electrons. The molecule has 0 saturated heterocycles. The summed E-state index contributed by atoms with van der Waals surface area (Å²) in [6.45, 7) is 0. The van der Waals surface area contributed by atoms with Crippen molar-refractivity contribution >= 4 is 7.32 Å². The molecule has 0 atom stereocenters. The average Bonchev–Trinajstić information content (AvgIpc) is 0.811. The molecule has 0 aliphatic rings. The molecule has 0 aromatic heterocycles. The van der Waals surface area contributed by atoms with Crippen LogP contribution in [0.3, 0.4) is 0 Å². The van der Waals surface area contributed by atoms with Crippen LogP contribution < -0.4 is 76.2 Å². The normalized spacial score (nSPS) is 3.38. The first-order valence-corrected chi connectivity index (χ1v) is 0.775. The summed E-state index contributed by atoms with van der Waals surface area (Å²) >= 11 is 0. The number of hydrogen-bond acceptors (Lipinski definition) is 3. The van der Waals surface area contributed by atoms with Gasteiger partial charge < -0.3 is 39.9 Å². The van der Waals surface area contributed by atoms with Crippen LogP contribution in [0.25, 0.3) is 0 Å². The maximum absolute atomic E-state index is 7.17. The van der Waals surface area contributed by atoms with Crippen LogP contribution in [0.15, 0.2) is 0 Å². The van der Waals surface area contributed by atoms with Crippen LogP contribution in [0.1, 0.15) is 0 Å². The summed E-state index contributed by atoms with van der Waals surface area (Å²) in [5.74, 6) is 0. The van der Waals surface area contributed by atoms with E-state index in [0.717, 1.165) is 0 Å². The number of halogens is 2. The molecule has 0 spiro atoms. The fourth-order valence-corrected chi connectivity index (χ4v) is 0. The third-order valence-electron chi connectivity index (χ3n) is 0. The van der Waals surface area contributed by atoms with E-state index in [1.165, 1.54) is 0 Å². The Morgan fingerprint density at radius 1 is 0.875 bits per heavy atom. The van der Waals surface area contributed by atoms with E-state index >= 15 is 0 Å². The molecule has 0 fully saturated rings. The molecule has 0 heterocycles. The van der Waals surface area contributed by atoms with E-state index in [2.05, 4.69) is 0 Å². The Morgan fingerprint density at radius 2 is 0.875 bits per heavy atom. The second-order valence-electron chi connectivity index (χ2n) is 0.346. The minimum Gasteiger partial charge on any atom is -1.00 e. The molecule has 8 heavy (non-hydrogen) atoms. The Kier molecular flexibility index (Phi) is 87.0. The van der Waals surface area contributed by atoms with Crippen LogP contribution in [0.2, 0.25) is 0 Å². The Bertz CT molecular complexity index is 22.0. The van der Waals surface area contributed by atoms with Gasteiger partial charge in [-0.3, -0.25) is 0 Å². The maximum atomic E-state index is 7.17. The molecular weight excluding hydrogens is 234 g/mol. The van der Waals surface area contributed by atoms with Gasteiger partial charge >= 0.3 is 78.2 Å². The van der Waals surface area contributed by atoms with Crippen LogP contribution in [-0.4, -0.2) is 22.4 Å². The van der Waals surface area contributed by atoms with Crippen LogP contribution in [0.4, 0.5) is 0 Å². The largest absolute Gasteiger partial charge is 2.00 e. The molecule has 0 aromatic carbocycles. The first-order chi connectivity index (χ1) is 1.73. The Hall–Kier alpha value is 2.78. The van der Waals surface area contributed by atoms with E-state index in [4.69, 9.17) is 15.1 Å². The zero-order valence-electron chi connectivity index (χ0n) is 4.38. The molecule has 0 aliphatic heterocycles. The van der Waals surface area contributed by atoms with Crippen molar-refractivity contribution in [2.24, 2.45) is 0 Å². The van der Waals surface area contributed by atoms with Crippen molar-refractivity contribution in [3.8, 4) is 0 Å². The molecule has 40 valence electrons. The van der Waals surface area contributed by atoms with E-state index < -0.39 is 7.32 Å². The van der Waals surface area contributed by atoms with Gasteiger partial charge in [-0.05, 0) is 0 Å². The fourth-order valence-electron chi connectivity index (χ4n) is 0. The zero-order chi connectivity index (χ0) is 3.58. The predicted octanol–water partition coefficient (Wildman–Crippen LogP) is -11.0. The molecule has 8 heteroatoms. The summed E-state index contributed by atoms with van der Waals surface area (Å²) in [5, 5.41) is 21.5. The minimum atomic E-state index is -2.17. The molecule has 3 nitrogen and oxygen atoms in total. The Balaban J connectivity index is -0.00000000750. The molecule has 0 bridgehead atoms. The smallest absolute Gasteiger partial charge is 1.00 e. The fraction of sp³-hybridized carbons (Fsp3) is 0. The van der Waals surface area contributed by atoms with Crippen molar-refractivity contribution in [3.05, 3.63) is 0 Å². The van der Waals surface area contributed by atoms with E-state index in [1.54, 1.807) is 0 Å². The second-order valence-corrected chi connectivity index (χ2v) is 0.346. The maximum Gasteiger partial charge on any atom is 2.00 e. The molecule has 0 amide bonds. The van der Waals surface area contributed by atoms with Gasteiger partial charge in [0.05, 0.1) is 0 Å². The van der Waals surface area contributed by atoms with Crippen LogP contribution >= 0.6 is 0 Å². The summed E-state index contributed by atoms with van der Waals surface area (Å²) in [6.07, 6.45) is 0. The number of rotatable bonds is 0. The van der Waals surface area contributed by atoms with E-state index in [-0.39, 0.29) is 95.7 Å². The topological polar surface area (TPSA) is 60.7 Å². The quantitative estimate of drug-likeness (QED) is 0.367. The van der Waals surface area contributed by atoms with Gasteiger partial charge in [0.1, 0.15) is 0 Å². The first kappa shape index (κ1) is 30.9. The van der Waals surface area contributed by atoms with E-state index in [9.17, 15) is 0 Å². The van der Waals surface area contributed by atoms with Crippen molar-refractivity contribution in [1.29, 1.82) is 0 Å². The van der Waals surface area contributed by atoms with Crippen molar-refractivity contribution in [2.45, 2.75) is 0 Å². The third-order valence-corrected chi connectivity index (χ3v) is 0. The summed E-state index contributed by atoms with van der Waals surface area (Å²) in [7, 11) is -2.17. The summed E-state index contributed by atoms with van der Waals surface area (Å²) in [5.41, 5.74) is 0. The standard InChI is InChI=1S/BH3O3.2ClH.K.Zn/c2-1(3)4;;;;/h2-4H;2*1H;;/q;;;+1;+2/p-2. The van der Waals surface area contributed by atoms with E-state index in [1.807, 2.05) is 0 Å². The van der Waals surface area contributed by atoms with Gasteiger partial charge in [-0.2, -0.15) is 0 Å². The molecule has 0 rings (SSSR count). The van der Waals surface area contributed by atoms with E-state index in [0.29, 0.717) is 0 Å². The van der Waals surface area contributed by atoms with Gasteiger partial charge in [-0.15, -0.1) is 0 Å². The van der Waals surface area contributed by atoms with Crippen molar-refractivity contribution in [1.82, 2.24) is 0 Å². The van der Waals surface area contributed by atoms with Crippen LogP contribution in [-0.2, 0) is 19.5 Å². The SMILES string of the molecule is OB(O)O.[Cl-].[Cl-].[K+].[Zn+2].